The van der Waals surface area contributed by atoms with Gasteiger partial charge in [0.05, 0.1) is 6.20 Å². The maximum absolute atomic E-state index is 13.2. The molecule has 0 spiro atoms. The van der Waals surface area contributed by atoms with E-state index >= 15 is 0 Å². The highest BCUT2D eigenvalue weighted by molar-refractivity contribution is 5.95. The molecule has 0 unspecified atom stereocenters. The summed E-state index contributed by atoms with van der Waals surface area (Å²) in [4.78, 5) is 17.0. The fourth-order valence-corrected chi connectivity index (χ4v) is 2.41. The van der Waals surface area contributed by atoms with Gasteiger partial charge in [0.25, 0.3) is 0 Å². The number of hydroxylamine groups is 1. The molecule has 0 aliphatic carbocycles. The van der Waals surface area contributed by atoms with Crippen LogP contribution < -0.4 is 10.4 Å². The minimum atomic E-state index is -0.489. The average Bonchev–Trinajstić information content (AvgIpc) is 3.07. The number of aromatic nitrogens is 2. The van der Waals surface area contributed by atoms with Crippen molar-refractivity contribution in [3.8, 4) is 0 Å². The number of aryl methyl sites for hydroxylation is 1. The van der Waals surface area contributed by atoms with Crippen LogP contribution in [0.1, 0.15) is 45.4 Å². The lowest BCUT2D eigenvalue weighted by atomic mass is 10.1. The Morgan fingerprint density at radius 3 is 2.73 bits per heavy atom. The van der Waals surface area contributed by atoms with Crippen LogP contribution in [-0.4, -0.2) is 33.3 Å². The second-order valence-electron chi connectivity index (χ2n) is 5.95. The molecule has 2 N–H and O–H groups in total. The summed E-state index contributed by atoms with van der Waals surface area (Å²) in [6, 6.07) is 1.89. The van der Waals surface area contributed by atoms with Crippen molar-refractivity contribution in [2.75, 3.05) is 11.4 Å². The van der Waals surface area contributed by atoms with Crippen LogP contribution in [0.2, 0.25) is 0 Å². The summed E-state index contributed by atoms with van der Waals surface area (Å²) in [7, 11) is 1.84. The predicted molar refractivity (Wildman–Crippen MR) is 101 cm³/mol. The molecule has 0 saturated heterocycles. The fraction of sp³-hybridized carbons (Fsp3) is 0.500. The molecule has 0 bridgehead atoms. The number of hydrogen-bond acceptors (Lipinski definition) is 4. The van der Waals surface area contributed by atoms with Crippen molar-refractivity contribution in [2.24, 2.45) is 12.0 Å². The highest BCUT2D eigenvalue weighted by atomic mass is 19.1. The van der Waals surface area contributed by atoms with Crippen LogP contribution in [0.5, 0.6) is 0 Å². The number of amidine groups is 1. The molecule has 1 aromatic rings. The molecular weight excluding hydrogens is 337 g/mol. The molecule has 0 aliphatic rings. The van der Waals surface area contributed by atoms with Crippen LogP contribution in [0.4, 0.5) is 10.2 Å². The third-order valence-corrected chi connectivity index (χ3v) is 3.85. The number of nitrogens with zero attached hydrogens (tertiary/aromatic N) is 4. The van der Waals surface area contributed by atoms with Gasteiger partial charge in [0.2, 0.25) is 5.91 Å². The van der Waals surface area contributed by atoms with E-state index in [1.807, 2.05) is 31.1 Å². The Morgan fingerprint density at radius 1 is 1.42 bits per heavy atom. The highest BCUT2D eigenvalue weighted by Gasteiger charge is 2.12. The number of unbranched alkanes of at least 4 members (excludes halogenated alkanes) is 4. The fourth-order valence-electron chi connectivity index (χ4n) is 2.41. The van der Waals surface area contributed by atoms with Gasteiger partial charge in [-0.1, -0.05) is 25.8 Å². The van der Waals surface area contributed by atoms with Gasteiger partial charge in [-0.05, 0) is 25.8 Å². The van der Waals surface area contributed by atoms with E-state index < -0.39 is 5.83 Å². The third-order valence-electron chi connectivity index (χ3n) is 3.85. The molecule has 0 radical (unpaired) electrons. The van der Waals surface area contributed by atoms with Crippen LogP contribution in [0.15, 0.2) is 41.9 Å². The van der Waals surface area contributed by atoms with E-state index in [-0.39, 0.29) is 5.91 Å². The SMILES string of the molecule is C=C/C(F)=C\N=C(/C)N(CCCCCCCC(=O)NO)c1ccn(C)n1. The van der Waals surface area contributed by atoms with Crippen molar-refractivity contribution in [2.45, 2.75) is 45.4 Å². The smallest absolute Gasteiger partial charge is 0.243 e. The maximum atomic E-state index is 13.2. The number of nitrogens with one attached hydrogen (secondary N) is 1. The summed E-state index contributed by atoms with van der Waals surface area (Å²) >= 11 is 0. The Bertz CT molecular complexity index is 639. The molecule has 8 heteroatoms. The van der Waals surface area contributed by atoms with E-state index in [0.29, 0.717) is 18.8 Å². The summed E-state index contributed by atoms with van der Waals surface area (Å²) in [5.74, 6) is 0.580. The van der Waals surface area contributed by atoms with Crippen molar-refractivity contribution < 1.29 is 14.4 Å². The van der Waals surface area contributed by atoms with Crippen LogP contribution >= 0.6 is 0 Å². The first-order valence-electron chi connectivity index (χ1n) is 8.70. The number of allylic oxidation sites excluding steroid dienone is 2. The van der Waals surface area contributed by atoms with Crippen LogP contribution in [0.25, 0.3) is 0 Å². The number of hydrogen-bond donors (Lipinski definition) is 2. The molecule has 26 heavy (non-hydrogen) atoms. The van der Waals surface area contributed by atoms with Crippen LogP contribution in [0.3, 0.4) is 0 Å². The number of anilines is 1. The van der Waals surface area contributed by atoms with Gasteiger partial charge in [0.1, 0.15) is 11.7 Å². The second kappa shape index (κ2) is 12.0. The molecule has 1 rings (SSSR count). The minimum Gasteiger partial charge on any atom is -0.313 e. The summed E-state index contributed by atoms with van der Waals surface area (Å²) in [6.45, 7) is 5.90. The van der Waals surface area contributed by atoms with E-state index in [1.165, 1.54) is 0 Å². The molecular formula is C18H28FN5O2. The molecule has 7 nitrogen and oxygen atoms in total. The van der Waals surface area contributed by atoms with Gasteiger partial charge in [-0.15, -0.1) is 0 Å². The lowest BCUT2D eigenvalue weighted by molar-refractivity contribution is -0.129. The number of halogens is 1. The Kier molecular flexibility index (Phi) is 9.93. The van der Waals surface area contributed by atoms with Crippen molar-refractivity contribution in [1.29, 1.82) is 0 Å². The number of aliphatic imine (C=N–C) groups is 1. The molecule has 1 amide bonds. The van der Waals surface area contributed by atoms with Gasteiger partial charge in [-0.25, -0.2) is 14.9 Å². The first-order valence-corrected chi connectivity index (χ1v) is 8.70. The van der Waals surface area contributed by atoms with Crippen molar-refractivity contribution in [1.82, 2.24) is 15.3 Å². The zero-order valence-corrected chi connectivity index (χ0v) is 15.5. The Hall–Kier alpha value is -2.48. The molecule has 0 fully saturated rings. The van der Waals surface area contributed by atoms with E-state index in [0.717, 1.165) is 50.2 Å². The van der Waals surface area contributed by atoms with E-state index in [9.17, 15) is 9.18 Å². The predicted octanol–water partition coefficient (Wildman–Crippen LogP) is 3.49. The molecule has 144 valence electrons. The average molecular weight is 365 g/mol. The van der Waals surface area contributed by atoms with E-state index in [2.05, 4.69) is 16.7 Å². The Morgan fingerprint density at radius 2 is 2.12 bits per heavy atom. The highest BCUT2D eigenvalue weighted by Crippen LogP contribution is 2.14. The number of carbonyl (C=O) groups excluding carboxylic acids is 1. The maximum Gasteiger partial charge on any atom is 0.243 e. The lowest BCUT2D eigenvalue weighted by Crippen LogP contribution is -2.30. The molecule has 0 saturated carbocycles. The standard InChI is InChI=1S/C18H28FN5O2/c1-4-16(19)14-20-15(2)24(17-11-13-23(3)21-17)12-9-7-5-6-8-10-18(25)22-26/h4,11,13-14,26H,1,5-10,12H2,2-3H3,(H,22,25)/b16-14+,20-15+. The van der Waals surface area contributed by atoms with Gasteiger partial charge in [0, 0.05) is 32.3 Å². The molecule has 1 aromatic heterocycles. The molecule has 0 aliphatic heterocycles. The first kappa shape index (κ1) is 21.6. The Balaban J connectivity index is 2.53. The van der Waals surface area contributed by atoms with Crippen molar-refractivity contribution in [3.63, 3.8) is 0 Å². The summed E-state index contributed by atoms with van der Waals surface area (Å²) in [5.41, 5.74) is 1.63. The topological polar surface area (TPSA) is 82.8 Å². The molecule has 0 atom stereocenters. The monoisotopic (exact) mass is 365 g/mol. The summed E-state index contributed by atoms with van der Waals surface area (Å²) < 4.78 is 14.9. The largest absolute Gasteiger partial charge is 0.313 e. The van der Waals surface area contributed by atoms with Crippen molar-refractivity contribution >= 4 is 17.6 Å². The summed E-state index contributed by atoms with van der Waals surface area (Å²) in [5, 5.41) is 12.8. The minimum absolute atomic E-state index is 0.337. The third kappa shape index (κ3) is 8.06. The number of rotatable bonds is 11. The zero-order chi connectivity index (χ0) is 19.4. The van der Waals surface area contributed by atoms with Gasteiger partial charge in [0.15, 0.2) is 5.82 Å². The van der Waals surface area contributed by atoms with Gasteiger partial charge >= 0.3 is 0 Å². The summed E-state index contributed by atoms with van der Waals surface area (Å²) in [6.07, 6.45) is 9.03. The first-order chi connectivity index (χ1) is 12.5. The van der Waals surface area contributed by atoms with Crippen LogP contribution in [0, 0.1) is 0 Å². The normalized spacial score (nSPS) is 12.2. The number of carbonyl (C=O) groups is 1. The van der Waals surface area contributed by atoms with E-state index in [4.69, 9.17) is 5.21 Å². The second-order valence-corrected chi connectivity index (χ2v) is 5.95. The van der Waals surface area contributed by atoms with Gasteiger partial charge in [-0.2, -0.15) is 5.10 Å². The van der Waals surface area contributed by atoms with Gasteiger partial charge in [-0.3, -0.25) is 14.7 Å². The molecule has 0 aromatic carbocycles. The van der Waals surface area contributed by atoms with Gasteiger partial charge < -0.3 is 4.90 Å². The van der Waals surface area contributed by atoms with Crippen molar-refractivity contribution in [3.05, 3.63) is 36.9 Å². The number of amides is 1. The Labute approximate surface area is 153 Å². The quantitative estimate of drug-likeness (QED) is 0.157. The zero-order valence-electron chi connectivity index (χ0n) is 15.5. The lowest BCUT2D eigenvalue weighted by Gasteiger charge is -2.21. The van der Waals surface area contributed by atoms with Crippen LogP contribution in [-0.2, 0) is 11.8 Å². The molecule has 1 heterocycles. The van der Waals surface area contributed by atoms with E-state index in [1.54, 1.807) is 10.2 Å².